The van der Waals surface area contributed by atoms with E-state index in [1.165, 1.54) is 51.5 Å². The Labute approximate surface area is 119 Å². The molecule has 1 aliphatic carbocycles. The smallest absolute Gasteiger partial charge is 0.0731 e. The average molecular weight is 268 g/mol. The number of rotatable bonds is 7. The minimum absolute atomic E-state index is 0.519. The molecule has 3 unspecified atom stereocenters. The van der Waals surface area contributed by atoms with Crippen LogP contribution in [0.4, 0.5) is 0 Å². The standard InChI is InChI=1S/C16H32N2O/c1-3-4-7-10-17-13-14(2)18-11-12-19-16-9-6-5-8-15(16)18/h14-17H,3-13H2,1-2H3. The molecule has 0 aromatic carbocycles. The van der Waals surface area contributed by atoms with Crippen molar-refractivity contribution in [2.75, 3.05) is 26.2 Å². The summed E-state index contributed by atoms with van der Waals surface area (Å²) in [4.78, 5) is 2.71. The van der Waals surface area contributed by atoms with Crippen LogP contribution in [0.5, 0.6) is 0 Å². The van der Waals surface area contributed by atoms with Crippen LogP contribution in [0.2, 0.25) is 0 Å². The van der Waals surface area contributed by atoms with Gasteiger partial charge in [0.2, 0.25) is 0 Å². The summed E-state index contributed by atoms with van der Waals surface area (Å²) in [6.45, 7) is 9.01. The van der Waals surface area contributed by atoms with E-state index in [1.54, 1.807) is 0 Å². The fourth-order valence-electron chi connectivity index (χ4n) is 3.60. The van der Waals surface area contributed by atoms with E-state index in [2.05, 4.69) is 24.1 Å². The summed E-state index contributed by atoms with van der Waals surface area (Å²) in [5, 5.41) is 3.63. The average Bonchev–Trinajstić information content (AvgIpc) is 2.46. The molecule has 3 nitrogen and oxygen atoms in total. The van der Waals surface area contributed by atoms with Crippen LogP contribution in [0.1, 0.15) is 58.8 Å². The Balaban J connectivity index is 1.72. The molecule has 112 valence electrons. The van der Waals surface area contributed by atoms with Crippen molar-refractivity contribution >= 4 is 0 Å². The Morgan fingerprint density at radius 3 is 2.95 bits per heavy atom. The predicted octanol–water partition coefficient (Wildman–Crippen LogP) is 2.80. The Morgan fingerprint density at radius 1 is 1.26 bits per heavy atom. The molecule has 1 N–H and O–H groups in total. The van der Waals surface area contributed by atoms with Crippen LogP contribution in [0.15, 0.2) is 0 Å². The number of hydrogen-bond donors (Lipinski definition) is 1. The number of unbranched alkanes of at least 4 members (excludes halogenated alkanes) is 2. The van der Waals surface area contributed by atoms with Crippen molar-refractivity contribution in [2.24, 2.45) is 0 Å². The zero-order chi connectivity index (χ0) is 13.5. The lowest BCUT2D eigenvalue weighted by Crippen LogP contribution is -2.57. The van der Waals surface area contributed by atoms with E-state index in [1.807, 2.05) is 0 Å². The van der Waals surface area contributed by atoms with Gasteiger partial charge in [0.15, 0.2) is 0 Å². The molecule has 3 heteroatoms. The lowest BCUT2D eigenvalue weighted by molar-refractivity contribution is -0.0997. The molecule has 3 atom stereocenters. The van der Waals surface area contributed by atoms with Gasteiger partial charge in [-0.1, -0.05) is 32.6 Å². The quantitative estimate of drug-likeness (QED) is 0.719. The lowest BCUT2D eigenvalue weighted by atomic mass is 9.89. The molecule has 0 aromatic heterocycles. The molecular weight excluding hydrogens is 236 g/mol. The number of nitrogens with one attached hydrogen (secondary N) is 1. The van der Waals surface area contributed by atoms with Gasteiger partial charge in [0.1, 0.15) is 0 Å². The fourth-order valence-corrected chi connectivity index (χ4v) is 3.60. The Bertz CT molecular complexity index is 245. The Hall–Kier alpha value is -0.120. The van der Waals surface area contributed by atoms with Crippen LogP contribution in [0.25, 0.3) is 0 Å². The highest BCUT2D eigenvalue weighted by molar-refractivity contribution is 4.90. The molecule has 2 rings (SSSR count). The molecule has 19 heavy (non-hydrogen) atoms. The summed E-state index contributed by atoms with van der Waals surface area (Å²) in [6, 6.07) is 1.34. The van der Waals surface area contributed by atoms with Crippen molar-refractivity contribution in [3.05, 3.63) is 0 Å². The maximum absolute atomic E-state index is 5.96. The third-order valence-electron chi connectivity index (χ3n) is 4.74. The molecule has 1 heterocycles. The van der Waals surface area contributed by atoms with E-state index >= 15 is 0 Å². The molecule has 2 aliphatic rings. The minimum atomic E-state index is 0.519. The first-order valence-corrected chi connectivity index (χ1v) is 8.41. The van der Waals surface area contributed by atoms with E-state index in [0.29, 0.717) is 18.2 Å². The van der Waals surface area contributed by atoms with Gasteiger partial charge in [0.05, 0.1) is 12.7 Å². The number of hydrogen-bond acceptors (Lipinski definition) is 3. The molecular formula is C16H32N2O. The Kier molecular flexibility index (Phi) is 6.62. The maximum atomic E-state index is 5.96. The SMILES string of the molecule is CCCCCNCC(C)N1CCOC2CCCCC21. The van der Waals surface area contributed by atoms with Crippen molar-refractivity contribution < 1.29 is 4.74 Å². The highest BCUT2D eigenvalue weighted by Gasteiger charge is 2.35. The van der Waals surface area contributed by atoms with Crippen LogP contribution in [0.3, 0.4) is 0 Å². The first-order valence-electron chi connectivity index (χ1n) is 8.41. The zero-order valence-corrected chi connectivity index (χ0v) is 12.9. The third-order valence-corrected chi connectivity index (χ3v) is 4.74. The molecule has 1 saturated heterocycles. The second-order valence-corrected chi connectivity index (χ2v) is 6.26. The van der Waals surface area contributed by atoms with E-state index in [4.69, 9.17) is 4.74 Å². The second kappa shape index (κ2) is 8.23. The van der Waals surface area contributed by atoms with Gasteiger partial charge in [-0.2, -0.15) is 0 Å². The zero-order valence-electron chi connectivity index (χ0n) is 12.9. The summed E-state index contributed by atoms with van der Waals surface area (Å²) in [7, 11) is 0. The predicted molar refractivity (Wildman–Crippen MR) is 80.6 cm³/mol. The van der Waals surface area contributed by atoms with Gasteiger partial charge < -0.3 is 10.1 Å². The lowest BCUT2D eigenvalue weighted by Gasteiger charge is -2.46. The van der Waals surface area contributed by atoms with Crippen molar-refractivity contribution in [2.45, 2.75) is 77.0 Å². The van der Waals surface area contributed by atoms with E-state index in [0.717, 1.165) is 19.7 Å². The van der Waals surface area contributed by atoms with Crippen LogP contribution in [-0.2, 0) is 4.74 Å². The highest BCUT2D eigenvalue weighted by atomic mass is 16.5. The largest absolute Gasteiger partial charge is 0.375 e. The van der Waals surface area contributed by atoms with Crippen molar-refractivity contribution in [3.8, 4) is 0 Å². The van der Waals surface area contributed by atoms with Gasteiger partial charge in [-0.05, 0) is 32.7 Å². The monoisotopic (exact) mass is 268 g/mol. The first kappa shape index (κ1) is 15.3. The number of fused-ring (bicyclic) bond motifs is 1. The van der Waals surface area contributed by atoms with E-state index in [9.17, 15) is 0 Å². The molecule has 0 spiro atoms. The molecule has 2 fully saturated rings. The first-order chi connectivity index (χ1) is 9.33. The normalized spacial score (nSPS) is 30.0. The van der Waals surface area contributed by atoms with E-state index in [-0.39, 0.29) is 0 Å². The van der Waals surface area contributed by atoms with Crippen LogP contribution in [-0.4, -0.2) is 49.3 Å². The summed E-state index contributed by atoms with van der Waals surface area (Å²) in [5.41, 5.74) is 0. The van der Waals surface area contributed by atoms with Crippen molar-refractivity contribution in [3.63, 3.8) is 0 Å². The summed E-state index contributed by atoms with van der Waals surface area (Å²) < 4.78 is 5.96. The van der Waals surface area contributed by atoms with Crippen molar-refractivity contribution in [1.82, 2.24) is 10.2 Å². The molecule has 1 aliphatic heterocycles. The Morgan fingerprint density at radius 2 is 2.11 bits per heavy atom. The van der Waals surface area contributed by atoms with Crippen LogP contribution in [0, 0.1) is 0 Å². The number of nitrogens with zero attached hydrogens (tertiary/aromatic N) is 1. The summed E-state index contributed by atoms with van der Waals surface area (Å²) in [5.74, 6) is 0. The number of morpholine rings is 1. The maximum Gasteiger partial charge on any atom is 0.0731 e. The molecule has 0 radical (unpaired) electrons. The van der Waals surface area contributed by atoms with Crippen LogP contribution < -0.4 is 5.32 Å². The molecule has 0 bridgehead atoms. The molecule has 0 amide bonds. The van der Waals surface area contributed by atoms with Gasteiger partial charge in [0.25, 0.3) is 0 Å². The molecule has 1 saturated carbocycles. The van der Waals surface area contributed by atoms with Crippen LogP contribution >= 0.6 is 0 Å². The second-order valence-electron chi connectivity index (χ2n) is 6.26. The van der Waals surface area contributed by atoms with Gasteiger partial charge in [-0.3, -0.25) is 4.90 Å². The topological polar surface area (TPSA) is 24.5 Å². The van der Waals surface area contributed by atoms with Crippen molar-refractivity contribution in [1.29, 1.82) is 0 Å². The third kappa shape index (κ3) is 4.44. The van der Waals surface area contributed by atoms with Gasteiger partial charge in [0, 0.05) is 25.2 Å². The molecule has 0 aromatic rings. The summed E-state index contributed by atoms with van der Waals surface area (Å²) >= 11 is 0. The van der Waals surface area contributed by atoms with E-state index < -0.39 is 0 Å². The van der Waals surface area contributed by atoms with Gasteiger partial charge >= 0.3 is 0 Å². The highest BCUT2D eigenvalue weighted by Crippen LogP contribution is 2.29. The van der Waals surface area contributed by atoms with Gasteiger partial charge in [-0.15, -0.1) is 0 Å². The number of ether oxygens (including phenoxy) is 1. The van der Waals surface area contributed by atoms with Gasteiger partial charge in [-0.25, -0.2) is 0 Å². The fraction of sp³-hybridized carbons (Fsp3) is 1.00. The minimum Gasteiger partial charge on any atom is -0.375 e. The summed E-state index contributed by atoms with van der Waals surface area (Å²) in [6.07, 6.45) is 9.86.